The highest BCUT2D eigenvalue weighted by atomic mass is 32.2. The van der Waals surface area contributed by atoms with Gasteiger partial charge in [0, 0.05) is 5.56 Å². The maximum Gasteiger partial charge on any atom is 0.494 e. The Morgan fingerprint density at radius 2 is 1.48 bits per heavy atom. The maximum absolute atomic E-state index is 12.0. The van der Waals surface area contributed by atoms with Gasteiger partial charge in [0.1, 0.15) is 0 Å². The molecule has 1 aliphatic rings. The first-order valence-electron chi connectivity index (χ1n) is 9.10. The lowest BCUT2D eigenvalue weighted by Gasteiger charge is -2.32. The molecule has 144 valence electrons. The van der Waals surface area contributed by atoms with E-state index in [1.54, 1.807) is 13.0 Å². The van der Waals surface area contributed by atoms with Crippen LogP contribution in [0.2, 0.25) is 0 Å². The maximum atomic E-state index is 12.0. The van der Waals surface area contributed by atoms with E-state index >= 15 is 0 Å². The van der Waals surface area contributed by atoms with Gasteiger partial charge >= 0.3 is 7.12 Å². The minimum absolute atomic E-state index is 0.0300. The molecule has 1 N–H and O–H groups in total. The Labute approximate surface area is 162 Å². The predicted molar refractivity (Wildman–Crippen MR) is 111 cm³/mol. The summed E-state index contributed by atoms with van der Waals surface area (Å²) in [4.78, 5) is 0. The van der Waals surface area contributed by atoms with E-state index in [0.29, 0.717) is 5.69 Å². The van der Waals surface area contributed by atoms with E-state index in [0.717, 1.165) is 16.6 Å². The summed E-state index contributed by atoms with van der Waals surface area (Å²) < 4.78 is 38.7. The fraction of sp³-hybridized carbons (Fsp3) is 0.400. The smallest absolute Gasteiger partial charge is 0.399 e. The molecule has 0 saturated carbocycles. The molecular weight excluding hydrogens is 361 g/mol. The van der Waals surface area contributed by atoms with Crippen molar-refractivity contribution in [3.63, 3.8) is 0 Å². The first-order valence-corrected chi connectivity index (χ1v) is 10.8. The summed E-state index contributed by atoms with van der Waals surface area (Å²) in [5, 5.41) is 0. The Bertz CT molecular complexity index is 907. The molecule has 0 aromatic heterocycles. The molecule has 27 heavy (non-hydrogen) atoms. The number of nitrogens with one attached hydrogen (secondary N) is 1. The van der Waals surface area contributed by atoms with Crippen molar-refractivity contribution in [2.75, 3.05) is 10.5 Å². The Morgan fingerprint density at radius 1 is 0.926 bits per heavy atom. The Hall–Kier alpha value is -1.83. The summed E-state index contributed by atoms with van der Waals surface area (Å²) in [6, 6.07) is 15.2. The number of rotatable bonds is 5. The van der Waals surface area contributed by atoms with Crippen LogP contribution in [0.5, 0.6) is 0 Å². The highest BCUT2D eigenvalue weighted by Crippen LogP contribution is 2.36. The molecule has 5 nitrogen and oxygen atoms in total. The van der Waals surface area contributed by atoms with Gasteiger partial charge in [-0.3, -0.25) is 4.72 Å². The highest BCUT2D eigenvalue weighted by molar-refractivity contribution is 7.92. The standard InChI is InChI=1S/C20H26BNO4S/c1-6-27(23,24)22-18-10-8-7-9-17(18)15-11-13-16(14-12-15)21-25-19(2,3)20(4,5)26-21/h7-14,22H,6H2,1-5H3. The molecule has 0 aliphatic carbocycles. The van der Waals surface area contributed by atoms with Crippen molar-refractivity contribution >= 4 is 28.3 Å². The molecule has 0 radical (unpaired) electrons. The number of para-hydroxylation sites is 1. The van der Waals surface area contributed by atoms with Crippen LogP contribution in [0.25, 0.3) is 11.1 Å². The normalized spacial score (nSPS) is 18.5. The fourth-order valence-corrected chi connectivity index (χ4v) is 3.52. The third-order valence-electron chi connectivity index (χ3n) is 5.32. The van der Waals surface area contributed by atoms with Gasteiger partial charge in [-0.25, -0.2) is 8.42 Å². The molecule has 0 bridgehead atoms. The van der Waals surface area contributed by atoms with Crippen molar-refractivity contribution < 1.29 is 17.7 Å². The molecule has 2 aromatic rings. The molecule has 1 heterocycles. The van der Waals surface area contributed by atoms with E-state index in [-0.39, 0.29) is 17.0 Å². The van der Waals surface area contributed by atoms with Crippen LogP contribution in [-0.2, 0) is 19.3 Å². The van der Waals surface area contributed by atoms with Gasteiger partial charge in [-0.15, -0.1) is 0 Å². The second-order valence-corrected chi connectivity index (χ2v) is 9.77. The molecule has 3 rings (SSSR count). The van der Waals surface area contributed by atoms with Crippen LogP contribution in [0, 0.1) is 0 Å². The topological polar surface area (TPSA) is 64.6 Å². The molecule has 0 spiro atoms. The molecule has 1 saturated heterocycles. The zero-order chi connectivity index (χ0) is 19.9. The summed E-state index contributed by atoms with van der Waals surface area (Å²) in [6.07, 6.45) is 0. The highest BCUT2D eigenvalue weighted by Gasteiger charge is 2.51. The Balaban J connectivity index is 1.87. The Kier molecular flexibility index (Phi) is 5.14. The lowest BCUT2D eigenvalue weighted by molar-refractivity contribution is 0.00578. The molecule has 0 atom stereocenters. The molecular formula is C20H26BNO4S. The summed E-state index contributed by atoms with van der Waals surface area (Å²) in [5.41, 5.74) is 2.48. The largest absolute Gasteiger partial charge is 0.494 e. The average Bonchev–Trinajstić information content (AvgIpc) is 2.83. The number of hydrogen-bond donors (Lipinski definition) is 1. The van der Waals surface area contributed by atoms with Gasteiger partial charge in [0.15, 0.2) is 0 Å². The SMILES string of the molecule is CCS(=O)(=O)Nc1ccccc1-c1ccc(B2OC(C)(C)C(C)(C)O2)cc1. The predicted octanol–water partition coefficient (Wildman–Crippen LogP) is 3.41. The molecule has 1 fully saturated rings. The zero-order valence-corrected chi connectivity index (χ0v) is 17.3. The lowest BCUT2D eigenvalue weighted by atomic mass is 9.78. The van der Waals surface area contributed by atoms with Crippen LogP contribution in [0.4, 0.5) is 5.69 Å². The number of benzene rings is 2. The van der Waals surface area contributed by atoms with Crippen LogP contribution in [0.15, 0.2) is 48.5 Å². The average molecular weight is 387 g/mol. The van der Waals surface area contributed by atoms with Crippen molar-refractivity contribution in [1.82, 2.24) is 0 Å². The van der Waals surface area contributed by atoms with E-state index < -0.39 is 17.1 Å². The van der Waals surface area contributed by atoms with E-state index in [1.165, 1.54) is 0 Å². The van der Waals surface area contributed by atoms with Crippen molar-refractivity contribution in [3.05, 3.63) is 48.5 Å². The van der Waals surface area contributed by atoms with Crippen LogP contribution >= 0.6 is 0 Å². The van der Waals surface area contributed by atoms with Crippen molar-refractivity contribution in [3.8, 4) is 11.1 Å². The van der Waals surface area contributed by atoms with Crippen LogP contribution in [-0.4, -0.2) is 32.5 Å². The summed E-state index contributed by atoms with van der Waals surface area (Å²) in [6.45, 7) is 9.72. The second-order valence-electron chi connectivity index (χ2n) is 7.76. The minimum atomic E-state index is -3.34. The quantitative estimate of drug-likeness (QED) is 0.799. The van der Waals surface area contributed by atoms with Gasteiger partial charge in [0.25, 0.3) is 0 Å². The van der Waals surface area contributed by atoms with Crippen LogP contribution < -0.4 is 10.2 Å². The Morgan fingerprint density at radius 3 is 2.04 bits per heavy atom. The third-order valence-corrected chi connectivity index (χ3v) is 6.61. The molecule has 2 aromatic carbocycles. The van der Waals surface area contributed by atoms with Gasteiger partial charge in [0.2, 0.25) is 10.0 Å². The molecule has 0 unspecified atom stereocenters. The molecule has 1 aliphatic heterocycles. The van der Waals surface area contributed by atoms with Crippen LogP contribution in [0.3, 0.4) is 0 Å². The molecule has 0 amide bonds. The fourth-order valence-electron chi connectivity index (χ4n) is 2.86. The lowest BCUT2D eigenvalue weighted by Crippen LogP contribution is -2.41. The molecule has 7 heteroatoms. The second kappa shape index (κ2) is 6.97. The van der Waals surface area contributed by atoms with E-state index in [4.69, 9.17) is 9.31 Å². The van der Waals surface area contributed by atoms with Gasteiger partial charge in [-0.05, 0) is 51.7 Å². The first kappa shape index (κ1) is 19.9. The van der Waals surface area contributed by atoms with Gasteiger partial charge in [-0.2, -0.15) is 0 Å². The van der Waals surface area contributed by atoms with Gasteiger partial charge < -0.3 is 9.31 Å². The number of sulfonamides is 1. The van der Waals surface area contributed by atoms with Crippen molar-refractivity contribution in [2.45, 2.75) is 45.8 Å². The first-order chi connectivity index (χ1) is 12.5. The van der Waals surface area contributed by atoms with Crippen molar-refractivity contribution in [1.29, 1.82) is 0 Å². The van der Waals surface area contributed by atoms with E-state index in [9.17, 15) is 8.42 Å². The third kappa shape index (κ3) is 4.05. The van der Waals surface area contributed by atoms with Gasteiger partial charge in [0.05, 0.1) is 22.6 Å². The summed E-state index contributed by atoms with van der Waals surface area (Å²) in [5.74, 6) is 0.0300. The number of hydrogen-bond acceptors (Lipinski definition) is 4. The number of anilines is 1. The monoisotopic (exact) mass is 387 g/mol. The van der Waals surface area contributed by atoms with Crippen LogP contribution in [0.1, 0.15) is 34.6 Å². The van der Waals surface area contributed by atoms with E-state index in [1.807, 2.05) is 70.2 Å². The van der Waals surface area contributed by atoms with Crippen molar-refractivity contribution in [2.24, 2.45) is 0 Å². The summed E-state index contributed by atoms with van der Waals surface area (Å²) in [7, 11) is -3.76. The minimum Gasteiger partial charge on any atom is -0.399 e. The summed E-state index contributed by atoms with van der Waals surface area (Å²) >= 11 is 0. The van der Waals surface area contributed by atoms with E-state index in [2.05, 4.69) is 4.72 Å². The zero-order valence-electron chi connectivity index (χ0n) is 16.4. The van der Waals surface area contributed by atoms with Gasteiger partial charge in [-0.1, -0.05) is 42.5 Å².